The number of carbonyl (C=O) groups is 2. The van der Waals surface area contributed by atoms with E-state index in [0.717, 1.165) is 38.1 Å². The summed E-state index contributed by atoms with van der Waals surface area (Å²) in [4.78, 5) is 36.8. The summed E-state index contributed by atoms with van der Waals surface area (Å²) in [5.41, 5.74) is -1.55. The van der Waals surface area contributed by atoms with E-state index in [1.807, 2.05) is 0 Å². The Morgan fingerprint density at radius 1 is 0.872 bits per heavy atom. The van der Waals surface area contributed by atoms with Crippen molar-refractivity contribution in [3.63, 3.8) is 0 Å². The molecule has 2 heterocycles. The fraction of sp³-hybridized carbons (Fsp3) is 0.320. The Morgan fingerprint density at radius 2 is 1.46 bits per heavy atom. The maximum atomic E-state index is 13.5. The minimum absolute atomic E-state index is 0.202. The molecule has 14 nitrogen and oxygen atoms in total. The Bertz CT molecular complexity index is 1490. The zero-order valence-electron chi connectivity index (χ0n) is 20.6. The summed E-state index contributed by atoms with van der Waals surface area (Å²) in [6.45, 7) is 3.60. The van der Waals surface area contributed by atoms with Gasteiger partial charge in [0.2, 0.25) is 17.5 Å². The van der Waals surface area contributed by atoms with E-state index < -0.39 is 93.7 Å². The number of hydrogen-bond donors (Lipinski definition) is 6. The van der Waals surface area contributed by atoms with E-state index in [9.17, 15) is 45.0 Å². The number of fused-ring (bicyclic) bond motifs is 1. The second-order valence-corrected chi connectivity index (χ2v) is 8.76. The summed E-state index contributed by atoms with van der Waals surface area (Å²) in [6.07, 6.45) is -7.33. The van der Waals surface area contributed by atoms with Gasteiger partial charge in [-0.05, 0) is 19.1 Å². The second-order valence-electron chi connectivity index (χ2n) is 8.76. The van der Waals surface area contributed by atoms with Gasteiger partial charge < -0.3 is 54.0 Å². The second kappa shape index (κ2) is 10.2. The smallest absolute Gasteiger partial charge is 0.303 e. The minimum atomic E-state index is -1.83. The van der Waals surface area contributed by atoms with Crippen LogP contribution in [0.2, 0.25) is 0 Å². The van der Waals surface area contributed by atoms with E-state index in [1.165, 1.54) is 6.92 Å². The number of benzene rings is 2. The summed E-state index contributed by atoms with van der Waals surface area (Å²) in [5, 5.41) is 60.5. The van der Waals surface area contributed by atoms with E-state index in [2.05, 4.69) is 0 Å². The van der Waals surface area contributed by atoms with Crippen LogP contribution in [0.15, 0.2) is 33.5 Å². The van der Waals surface area contributed by atoms with E-state index in [1.54, 1.807) is 0 Å². The lowest BCUT2D eigenvalue weighted by Crippen LogP contribution is -2.61. The van der Waals surface area contributed by atoms with Crippen molar-refractivity contribution in [2.45, 2.75) is 51.5 Å². The highest BCUT2D eigenvalue weighted by atomic mass is 16.7. The molecule has 39 heavy (non-hydrogen) atoms. The molecule has 2 aromatic carbocycles. The van der Waals surface area contributed by atoms with Crippen molar-refractivity contribution in [2.24, 2.45) is 0 Å². The fourth-order valence-corrected chi connectivity index (χ4v) is 4.18. The van der Waals surface area contributed by atoms with Crippen LogP contribution >= 0.6 is 0 Å². The number of aromatic hydroxyl groups is 5. The molecule has 0 bridgehead atoms. The van der Waals surface area contributed by atoms with Gasteiger partial charge in [0.25, 0.3) is 0 Å². The summed E-state index contributed by atoms with van der Waals surface area (Å²) in [7, 11) is 0. The van der Waals surface area contributed by atoms with Gasteiger partial charge >= 0.3 is 11.9 Å². The van der Waals surface area contributed by atoms with Crippen molar-refractivity contribution in [1.82, 2.24) is 0 Å². The first kappa shape index (κ1) is 27.3. The number of phenolic OH excluding ortho intramolecular Hbond substituents is 5. The van der Waals surface area contributed by atoms with Gasteiger partial charge in [-0.3, -0.25) is 14.4 Å². The van der Waals surface area contributed by atoms with Gasteiger partial charge in [-0.15, -0.1) is 0 Å². The Morgan fingerprint density at radius 3 is 2.05 bits per heavy atom. The molecule has 5 atom stereocenters. The molecule has 2 unspecified atom stereocenters. The number of phenols is 5. The Balaban J connectivity index is 1.88. The molecule has 1 aliphatic heterocycles. The van der Waals surface area contributed by atoms with Crippen molar-refractivity contribution in [3.8, 4) is 45.8 Å². The number of ether oxygens (including phenoxy) is 4. The zero-order chi connectivity index (χ0) is 28.8. The van der Waals surface area contributed by atoms with E-state index in [0.29, 0.717) is 0 Å². The van der Waals surface area contributed by atoms with Crippen LogP contribution < -0.4 is 10.2 Å². The first-order valence-corrected chi connectivity index (χ1v) is 11.4. The van der Waals surface area contributed by atoms with Crippen LogP contribution in [0, 0.1) is 0 Å². The van der Waals surface area contributed by atoms with Crippen LogP contribution in [0.3, 0.4) is 0 Å². The molecule has 208 valence electrons. The van der Waals surface area contributed by atoms with Gasteiger partial charge in [0, 0.05) is 31.5 Å². The predicted molar refractivity (Wildman–Crippen MR) is 128 cm³/mol. The maximum Gasteiger partial charge on any atom is 0.303 e. The minimum Gasteiger partial charge on any atom is -0.508 e. The van der Waals surface area contributed by atoms with E-state index in [4.69, 9.17) is 23.4 Å². The molecule has 0 spiro atoms. The topological polar surface area (TPSA) is 223 Å². The maximum absolute atomic E-state index is 13.5. The first-order chi connectivity index (χ1) is 18.3. The molecule has 3 aromatic rings. The number of carbonyl (C=O) groups excluding carboxylic acids is 2. The van der Waals surface area contributed by atoms with Gasteiger partial charge in [0.05, 0.1) is 6.10 Å². The number of aliphatic hydroxyl groups excluding tert-OH is 1. The molecule has 6 N–H and O–H groups in total. The third-order valence-electron chi connectivity index (χ3n) is 5.84. The monoisotopic (exact) mass is 548 g/mol. The van der Waals surface area contributed by atoms with Gasteiger partial charge in [-0.25, -0.2) is 0 Å². The van der Waals surface area contributed by atoms with Crippen molar-refractivity contribution in [3.05, 3.63) is 34.5 Å². The number of hydrogen-bond acceptors (Lipinski definition) is 14. The van der Waals surface area contributed by atoms with Crippen LogP contribution in [-0.2, 0) is 23.8 Å². The highest BCUT2D eigenvalue weighted by molar-refractivity contribution is 5.88. The van der Waals surface area contributed by atoms with Gasteiger partial charge in [-0.2, -0.15) is 0 Å². The van der Waals surface area contributed by atoms with Crippen molar-refractivity contribution >= 4 is 22.9 Å². The average Bonchev–Trinajstić information content (AvgIpc) is 2.83. The molecule has 1 saturated heterocycles. The van der Waals surface area contributed by atoms with Crippen molar-refractivity contribution in [1.29, 1.82) is 0 Å². The Hall–Kier alpha value is -4.69. The van der Waals surface area contributed by atoms with Gasteiger partial charge in [-0.1, -0.05) is 0 Å². The summed E-state index contributed by atoms with van der Waals surface area (Å²) < 4.78 is 27.4. The number of esters is 2. The lowest BCUT2D eigenvalue weighted by Gasteiger charge is -2.41. The lowest BCUT2D eigenvalue weighted by molar-refractivity contribution is -0.276. The average molecular weight is 548 g/mol. The van der Waals surface area contributed by atoms with Crippen LogP contribution in [-0.4, -0.2) is 73.3 Å². The summed E-state index contributed by atoms with van der Waals surface area (Å²) in [6, 6.07) is 3.73. The SMILES string of the molecule is CC(=O)OC1[C@@H](OC(C)=O)C(C)O[C@@H](Oc2c(-c3cc(O)c(O)c(O)c3)oc3cc(O)cc(O)c3c2=O)[C@H]1O. The summed E-state index contributed by atoms with van der Waals surface area (Å²) >= 11 is 0. The molecule has 14 heteroatoms. The highest BCUT2D eigenvalue weighted by Gasteiger charge is 2.49. The molecule has 0 aliphatic carbocycles. The van der Waals surface area contributed by atoms with Crippen molar-refractivity contribution in [2.75, 3.05) is 0 Å². The normalized spacial score (nSPS) is 22.8. The molecule has 4 rings (SSSR count). The van der Waals surface area contributed by atoms with Crippen LogP contribution in [0.5, 0.6) is 34.5 Å². The highest BCUT2D eigenvalue weighted by Crippen LogP contribution is 2.43. The molecule has 1 aliphatic rings. The van der Waals surface area contributed by atoms with Crippen molar-refractivity contribution < 1.29 is 63.6 Å². The lowest BCUT2D eigenvalue weighted by atomic mass is 9.99. The standard InChI is InChI=1S/C25H24O14/c1-8-21(36-9(2)26)24(37-10(3)27)20(34)25(35-8)39-23-19(33)17-13(29)6-12(28)7-16(17)38-22(23)11-4-14(30)18(32)15(31)5-11/h4-8,20-21,24-25,28-32,34H,1-3H3/t8?,20-,21-,24?,25-/m0/s1. The fourth-order valence-electron chi connectivity index (χ4n) is 4.18. The Labute approximate surface area is 218 Å². The van der Waals surface area contributed by atoms with Crippen LogP contribution in [0.4, 0.5) is 0 Å². The third-order valence-corrected chi connectivity index (χ3v) is 5.84. The predicted octanol–water partition coefficient (Wildman–Crippen LogP) is 1.34. The molecular formula is C25H24O14. The Kier molecular flexibility index (Phi) is 7.17. The largest absolute Gasteiger partial charge is 0.508 e. The molecule has 0 saturated carbocycles. The zero-order valence-corrected chi connectivity index (χ0v) is 20.6. The molecule has 0 amide bonds. The van der Waals surface area contributed by atoms with Crippen LogP contribution in [0.1, 0.15) is 20.8 Å². The van der Waals surface area contributed by atoms with E-state index in [-0.39, 0.29) is 11.1 Å². The number of rotatable bonds is 5. The number of aliphatic hydroxyl groups is 1. The summed E-state index contributed by atoms with van der Waals surface area (Å²) in [5.74, 6) is -6.33. The molecule has 1 aromatic heterocycles. The quantitative estimate of drug-likeness (QED) is 0.196. The van der Waals surface area contributed by atoms with E-state index >= 15 is 0 Å². The van der Waals surface area contributed by atoms with Gasteiger partial charge in [0.15, 0.2) is 41.3 Å². The molecular weight excluding hydrogens is 524 g/mol. The van der Waals surface area contributed by atoms with Gasteiger partial charge in [0.1, 0.15) is 22.5 Å². The third kappa shape index (κ3) is 5.19. The molecule has 1 fully saturated rings. The molecule has 0 radical (unpaired) electrons. The van der Waals surface area contributed by atoms with Crippen LogP contribution in [0.25, 0.3) is 22.3 Å². The first-order valence-electron chi connectivity index (χ1n) is 11.4.